The van der Waals surface area contributed by atoms with E-state index >= 15 is 0 Å². The molecule has 0 radical (unpaired) electrons. The largest absolute Gasteiger partial charge is 0.301 e. The van der Waals surface area contributed by atoms with Crippen LogP contribution >= 0.6 is 0 Å². The van der Waals surface area contributed by atoms with Gasteiger partial charge in [-0.15, -0.1) is 0 Å². The summed E-state index contributed by atoms with van der Waals surface area (Å²) in [5.41, 5.74) is 0.788. The molecule has 0 bridgehead atoms. The van der Waals surface area contributed by atoms with Crippen LogP contribution in [0.15, 0.2) is 0 Å². The van der Waals surface area contributed by atoms with Gasteiger partial charge in [-0.25, -0.2) is 0 Å². The van der Waals surface area contributed by atoms with Crippen LogP contribution in [0.4, 0.5) is 0 Å². The molecule has 2 aliphatic carbocycles. The summed E-state index contributed by atoms with van der Waals surface area (Å²) in [6, 6.07) is 0.760. The van der Waals surface area contributed by atoms with E-state index in [0.717, 1.165) is 23.3 Å². The maximum atomic E-state index is 2.70. The second-order valence-corrected chi connectivity index (χ2v) is 7.18. The summed E-state index contributed by atoms with van der Waals surface area (Å²) < 4.78 is 0. The van der Waals surface area contributed by atoms with E-state index in [1.165, 1.54) is 38.8 Å². The summed E-state index contributed by atoms with van der Waals surface area (Å²) in [5.74, 6) is 2.24. The third-order valence-electron chi connectivity index (χ3n) is 6.23. The molecule has 0 amide bonds. The average molecular weight is 235 g/mol. The second-order valence-electron chi connectivity index (χ2n) is 7.18. The first-order valence-electron chi connectivity index (χ1n) is 7.95. The van der Waals surface area contributed by atoms with E-state index in [1.54, 1.807) is 25.7 Å². The minimum Gasteiger partial charge on any atom is -0.301 e. The smallest absolute Gasteiger partial charge is 0.00385 e. The standard InChI is InChI=1S/C16H29N/c1-13(2)17-11-9-16(10-12-17)8-7-14-5-3-4-6-15(14)16/h13-15H,3-12H2,1-2H3. The van der Waals surface area contributed by atoms with Crippen LogP contribution < -0.4 is 0 Å². The minimum absolute atomic E-state index is 0.760. The number of fused-ring (bicyclic) bond motifs is 2. The third-order valence-corrected chi connectivity index (χ3v) is 6.23. The maximum absolute atomic E-state index is 2.70. The first-order valence-corrected chi connectivity index (χ1v) is 7.95. The van der Waals surface area contributed by atoms with E-state index in [0.29, 0.717) is 0 Å². The van der Waals surface area contributed by atoms with Crippen molar-refractivity contribution >= 4 is 0 Å². The molecule has 0 aromatic carbocycles. The van der Waals surface area contributed by atoms with E-state index in [1.807, 2.05) is 0 Å². The van der Waals surface area contributed by atoms with Crippen molar-refractivity contribution < 1.29 is 0 Å². The molecule has 0 aromatic rings. The Morgan fingerprint density at radius 3 is 2.35 bits per heavy atom. The lowest BCUT2D eigenvalue weighted by atomic mass is 9.65. The van der Waals surface area contributed by atoms with Crippen molar-refractivity contribution in [2.75, 3.05) is 13.1 Å². The Kier molecular flexibility index (Phi) is 3.23. The van der Waals surface area contributed by atoms with Gasteiger partial charge in [0.05, 0.1) is 0 Å². The minimum atomic E-state index is 0.760. The molecular weight excluding hydrogens is 206 g/mol. The Bertz CT molecular complexity index is 263. The summed E-state index contributed by atoms with van der Waals surface area (Å²) in [4.78, 5) is 2.70. The number of nitrogens with zero attached hydrogens (tertiary/aromatic N) is 1. The number of hydrogen-bond acceptors (Lipinski definition) is 1. The van der Waals surface area contributed by atoms with Gasteiger partial charge in [0, 0.05) is 6.04 Å². The zero-order valence-electron chi connectivity index (χ0n) is 11.8. The van der Waals surface area contributed by atoms with Crippen LogP contribution in [0.2, 0.25) is 0 Å². The quantitative estimate of drug-likeness (QED) is 0.662. The van der Waals surface area contributed by atoms with E-state index in [9.17, 15) is 0 Å². The Hall–Kier alpha value is -0.0400. The molecule has 2 atom stereocenters. The lowest BCUT2D eigenvalue weighted by Gasteiger charge is -2.46. The molecule has 3 rings (SSSR count). The maximum Gasteiger partial charge on any atom is 0.00385 e. The van der Waals surface area contributed by atoms with E-state index in [-0.39, 0.29) is 0 Å². The molecule has 1 aliphatic heterocycles. The second kappa shape index (κ2) is 4.57. The van der Waals surface area contributed by atoms with Crippen molar-refractivity contribution in [3.05, 3.63) is 0 Å². The zero-order chi connectivity index (χ0) is 11.9. The highest BCUT2D eigenvalue weighted by Gasteiger charge is 2.49. The molecule has 17 heavy (non-hydrogen) atoms. The third kappa shape index (κ3) is 2.05. The normalized spacial score (nSPS) is 37.6. The number of hydrogen-bond donors (Lipinski definition) is 0. The van der Waals surface area contributed by atoms with Gasteiger partial charge in [0.25, 0.3) is 0 Å². The van der Waals surface area contributed by atoms with Crippen LogP contribution in [-0.2, 0) is 0 Å². The molecule has 1 heterocycles. The molecule has 1 heteroatoms. The molecule has 1 saturated heterocycles. The van der Waals surface area contributed by atoms with Gasteiger partial charge >= 0.3 is 0 Å². The molecule has 3 fully saturated rings. The summed E-state index contributed by atoms with van der Waals surface area (Å²) in [6.07, 6.45) is 12.3. The van der Waals surface area contributed by atoms with Gasteiger partial charge in [-0.05, 0) is 76.3 Å². The fraction of sp³-hybridized carbons (Fsp3) is 1.00. The van der Waals surface area contributed by atoms with Crippen molar-refractivity contribution in [3.8, 4) is 0 Å². The molecule has 3 aliphatic rings. The summed E-state index contributed by atoms with van der Waals surface area (Å²) in [6.45, 7) is 7.47. The van der Waals surface area contributed by atoms with Crippen LogP contribution in [0.3, 0.4) is 0 Å². The Balaban J connectivity index is 1.67. The molecule has 1 nitrogen and oxygen atoms in total. The highest BCUT2D eigenvalue weighted by Crippen LogP contribution is 2.57. The fourth-order valence-corrected chi connectivity index (χ4v) is 5.12. The number of rotatable bonds is 1. The zero-order valence-corrected chi connectivity index (χ0v) is 11.8. The summed E-state index contributed by atoms with van der Waals surface area (Å²) in [7, 11) is 0. The molecule has 2 unspecified atom stereocenters. The Morgan fingerprint density at radius 2 is 1.65 bits per heavy atom. The van der Waals surface area contributed by atoms with Gasteiger partial charge in [-0.1, -0.05) is 19.3 Å². The van der Waals surface area contributed by atoms with Crippen molar-refractivity contribution in [1.82, 2.24) is 4.90 Å². The molecular formula is C16H29N. The van der Waals surface area contributed by atoms with Gasteiger partial charge < -0.3 is 4.90 Å². The topological polar surface area (TPSA) is 3.24 Å². The SMILES string of the molecule is CC(C)N1CCC2(CCC3CCCCC32)CC1. The molecule has 0 aromatic heterocycles. The van der Waals surface area contributed by atoms with Crippen LogP contribution in [-0.4, -0.2) is 24.0 Å². The number of piperidine rings is 1. The van der Waals surface area contributed by atoms with E-state index < -0.39 is 0 Å². The van der Waals surface area contributed by atoms with Crippen LogP contribution in [0.25, 0.3) is 0 Å². The van der Waals surface area contributed by atoms with Gasteiger partial charge in [-0.3, -0.25) is 0 Å². The predicted octanol–water partition coefficient (Wildman–Crippen LogP) is 4.08. The highest BCUT2D eigenvalue weighted by atomic mass is 15.2. The molecule has 98 valence electrons. The number of likely N-dealkylation sites (tertiary alicyclic amines) is 1. The van der Waals surface area contributed by atoms with Crippen LogP contribution in [0, 0.1) is 17.3 Å². The van der Waals surface area contributed by atoms with Crippen LogP contribution in [0.1, 0.15) is 65.2 Å². The van der Waals surface area contributed by atoms with Gasteiger partial charge in [-0.2, -0.15) is 0 Å². The Labute approximate surface area is 107 Å². The average Bonchev–Trinajstić information content (AvgIpc) is 2.70. The van der Waals surface area contributed by atoms with E-state index in [4.69, 9.17) is 0 Å². The lowest BCUT2D eigenvalue weighted by molar-refractivity contribution is 0.0307. The molecule has 2 saturated carbocycles. The van der Waals surface area contributed by atoms with Crippen molar-refractivity contribution in [2.24, 2.45) is 17.3 Å². The summed E-state index contributed by atoms with van der Waals surface area (Å²) >= 11 is 0. The predicted molar refractivity (Wildman–Crippen MR) is 73.1 cm³/mol. The molecule has 1 spiro atoms. The lowest BCUT2D eigenvalue weighted by Crippen LogP contribution is -2.45. The molecule has 0 N–H and O–H groups in total. The van der Waals surface area contributed by atoms with Gasteiger partial charge in [0.1, 0.15) is 0 Å². The van der Waals surface area contributed by atoms with Gasteiger partial charge in [0.2, 0.25) is 0 Å². The first kappa shape index (κ1) is 12.0. The van der Waals surface area contributed by atoms with Crippen molar-refractivity contribution in [2.45, 2.75) is 71.3 Å². The highest BCUT2D eigenvalue weighted by molar-refractivity contribution is 5.00. The van der Waals surface area contributed by atoms with Crippen molar-refractivity contribution in [3.63, 3.8) is 0 Å². The van der Waals surface area contributed by atoms with E-state index in [2.05, 4.69) is 18.7 Å². The van der Waals surface area contributed by atoms with Crippen molar-refractivity contribution in [1.29, 1.82) is 0 Å². The Morgan fingerprint density at radius 1 is 0.941 bits per heavy atom. The van der Waals surface area contributed by atoms with Crippen LogP contribution in [0.5, 0.6) is 0 Å². The van der Waals surface area contributed by atoms with Gasteiger partial charge in [0.15, 0.2) is 0 Å². The first-order chi connectivity index (χ1) is 8.21. The monoisotopic (exact) mass is 235 g/mol. The fourth-order valence-electron chi connectivity index (χ4n) is 5.12. The summed E-state index contributed by atoms with van der Waals surface area (Å²) in [5, 5.41) is 0.